The molecule has 148 valence electrons. The van der Waals surface area contributed by atoms with Crippen molar-refractivity contribution in [1.29, 1.82) is 0 Å². The number of unbranched alkanes of at least 4 members (excludes halogenated alkanes) is 9. The van der Waals surface area contributed by atoms with Crippen molar-refractivity contribution in [2.45, 2.75) is 77.6 Å². The molecule has 0 saturated carbocycles. The Morgan fingerprint density at radius 2 is 1.27 bits per heavy atom. The summed E-state index contributed by atoms with van der Waals surface area (Å²) in [5, 5.41) is 0. The van der Waals surface area contributed by atoms with Crippen LogP contribution in [0.2, 0.25) is 0 Å². The lowest BCUT2D eigenvalue weighted by Gasteiger charge is -2.28. The minimum absolute atomic E-state index is 0.285. The van der Waals surface area contributed by atoms with E-state index in [-0.39, 0.29) is 11.5 Å². The lowest BCUT2D eigenvalue weighted by atomic mass is 10.0. The quantitative estimate of drug-likeness (QED) is 0.457. The van der Waals surface area contributed by atoms with Gasteiger partial charge in [-0.3, -0.25) is 0 Å². The van der Waals surface area contributed by atoms with Crippen LogP contribution in [0.5, 0.6) is 0 Å². The van der Waals surface area contributed by atoms with Gasteiger partial charge in [0, 0.05) is 18.8 Å². The van der Waals surface area contributed by atoms with Crippen LogP contribution in [0, 0.1) is 0 Å². The van der Waals surface area contributed by atoms with Crippen LogP contribution in [0.15, 0.2) is 24.3 Å². The number of hydrogen-bond acceptors (Lipinski definition) is 3. The van der Waals surface area contributed by atoms with Gasteiger partial charge in [0.25, 0.3) is 0 Å². The van der Waals surface area contributed by atoms with Crippen LogP contribution in [-0.2, 0) is 16.3 Å². The van der Waals surface area contributed by atoms with E-state index in [9.17, 15) is 8.42 Å². The average Bonchev–Trinajstić information content (AvgIpc) is 2.64. The molecule has 1 aromatic carbocycles. The predicted octanol–water partition coefficient (Wildman–Crippen LogP) is 5.38. The van der Waals surface area contributed by atoms with E-state index in [1.165, 1.54) is 69.8 Å². The van der Waals surface area contributed by atoms with Gasteiger partial charge >= 0.3 is 0 Å². The van der Waals surface area contributed by atoms with E-state index >= 15 is 0 Å². The summed E-state index contributed by atoms with van der Waals surface area (Å²) in [6.07, 6.45) is 14.9. The standard InChI is InChI=1S/C22H37NO2S/c1-2-3-4-5-6-7-8-9-10-11-12-21-13-15-22(16-14-21)23-17-19-26(24,25)20-18-23/h13-16H,2-12,17-20H2,1H3. The Morgan fingerprint density at radius 1 is 0.769 bits per heavy atom. The third-order valence-corrected chi connectivity index (χ3v) is 7.07. The fraction of sp³-hybridized carbons (Fsp3) is 0.727. The molecule has 26 heavy (non-hydrogen) atoms. The largest absolute Gasteiger partial charge is 0.369 e. The second-order valence-corrected chi connectivity index (χ2v) is 10.0. The van der Waals surface area contributed by atoms with Gasteiger partial charge in [0.1, 0.15) is 0 Å². The Morgan fingerprint density at radius 3 is 1.81 bits per heavy atom. The molecule has 0 bridgehead atoms. The number of nitrogens with zero attached hydrogens (tertiary/aromatic N) is 1. The SMILES string of the molecule is CCCCCCCCCCCCc1ccc(N2CCS(=O)(=O)CC2)cc1. The summed E-state index contributed by atoms with van der Waals surface area (Å²) >= 11 is 0. The average molecular weight is 380 g/mol. The van der Waals surface area contributed by atoms with E-state index in [2.05, 4.69) is 36.1 Å². The Hall–Kier alpha value is -1.03. The predicted molar refractivity (Wildman–Crippen MR) is 113 cm³/mol. The highest BCUT2D eigenvalue weighted by Gasteiger charge is 2.21. The molecule has 1 aromatic rings. The molecule has 1 aliphatic heterocycles. The molecule has 1 saturated heterocycles. The smallest absolute Gasteiger partial charge is 0.153 e. The van der Waals surface area contributed by atoms with Gasteiger partial charge in [-0.15, -0.1) is 0 Å². The maximum atomic E-state index is 11.5. The minimum Gasteiger partial charge on any atom is -0.369 e. The summed E-state index contributed by atoms with van der Waals surface area (Å²) in [5.74, 6) is 0.570. The van der Waals surface area contributed by atoms with Gasteiger partial charge in [-0.25, -0.2) is 8.42 Å². The summed E-state index contributed by atoms with van der Waals surface area (Å²) in [5.41, 5.74) is 2.56. The number of sulfone groups is 1. The molecule has 0 amide bonds. The van der Waals surface area contributed by atoms with Crippen LogP contribution in [0.3, 0.4) is 0 Å². The molecule has 1 aliphatic rings. The van der Waals surface area contributed by atoms with Gasteiger partial charge in [-0.2, -0.15) is 0 Å². The first kappa shape index (κ1) is 21.3. The molecule has 0 radical (unpaired) electrons. The monoisotopic (exact) mass is 379 g/mol. The highest BCUT2D eigenvalue weighted by atomic mass is 32.2. The van der Waals surface area contributed by atoms with Crippen molar-refractivity contribution < 1.29 is 8.42 Å². The molecule has 0 aromatic heterocycles. The van der Waals surface area contributed by atoms with Gasteiger partial charge in [0.2, 0.25) is 0 Å². The van der Waals surface area contributed by atoms with Crippen molar-refractivity contribution in [1.82, 2.24) is 0 Å². The highest BCUT2D eigenvalue weighted by molar-refractivity contribution is 7.91. The van der Waals surface area contributed by atoms with Gasteiger partial charge in [0.15, 0.2) is 9.84 Å². The molecule has 1 fully saturated rings. The summed E-state index contributed by atoms with van der Waals surface area (Å²) in [6.45, 7) is 3.52. The second kappa shape index (κ2) is 11.6. The first-order valence-corrected chi connectivity index (χ1v) is 12.5. The zero-order chi connectivity index (χ0) is 18.7. The molecular formula is C22H37NO2S. The molecule has 0 aliphatic carbocycles. The first-order chi connectivity index (χ1) is 12.6. The lowest BCUT2D eigenvalue weighted by Crippen LogP contribution is -2.40. The van der Waals surface area contributed by atoms with E-state index in [0.29, 0.717) is 13.1 Å². The van der Waals surface area contributed by atoms with Gasteiger partial charge in [-0.05, 0) is 30.5 Å². The van der Waals surface area contributed by atoms with Crippen LogP contribution in [0.4, 0.5) is 5.69 Å². The van der Waals surface area contributed by atoms with Gasteiger partial charge < -0.3 is 4.90 Å². The van der Waals surface area contributed by atoms with Gasteiger partial charge in [0.05, 0.1) is 11.5 Å². The number of aryl methyl sites for hydroxylation is 1. The van der Waals surface area contributed by atoms with E-state index in [1.54, 1.807) is 0 Å². The third kappa shape index (κ3) is 8.11. The molecule has 0 N–H and O–H groups in total. The number of rotatable bonds is 12. The fourth-order valence-corrected chi connectivity index (χ4v) is 4.86. The second-order valence-electron chi connectivity index (χ2n) is 7.74. The minimum atomic E-state index is -2.80. The maximum Gasteiger partial charge on any atom is 0.153 e. The highest BCUT2D eigenvalue weighted by Crippen LogP contribution is 2.19. The van der Waals surface area contributed by atoms with Crippen LogP contribution in [0.25, 0.3) is 0 Å². The first-order valence-electron chi connectivity index (χ1n) is 10.6. The number of anilines is 1. The van der Waals surface area contributed by atoms with Crippen molar-refractivity contribution in [2.24, 2.45) is 0 Å². The summed E-state index contributed by atoms with van der Waals surface area (Å²) in [7, 11) is -2.80. The van der Waals surface area contributed by atoms with E-state index in [4.69, 9.17) is 0 Å². The molecule has 0 spiro atoms. The molecule has 2 rings (SSSR count). The summed E-state index contributed by atoms with van der Waals surface area (Å²) in [6, 6.07) is 8.74. The topological polar surface area (TPSA) is 37.4 Å². The third-order valence-electron chi connectivity index (χ3n) is 5.46. The van der Waals surface area contributed by atoms with Crippen LogP contribution in [0.1, 0.15) is 76.7 Å². The van der Waals surface area contributed by atoms with Crippen molar-refractivity contribution in [3.8, 4) is 0 Å². The molecule has 3 nitrogen and oxygen atoms in total. The van der Waals surface area contributed by atoms with E-state index in [0.717, 1.165) is 12.1 Å². The Labute approximate surface area is 161 Å². The van der Waals surface area contributed by atoms with E-state index < -0.39 is 9.84 Å². The van der Waals surface area contributed by atoms with Crippen molar-refractivity contribution in [3.63, 3.8) is 0 Å². The normalized spacial score (nSPS) is 16.7. The van der Waals surface area contributed by atoms with Crippen LogP contribution < -0.4 is 4.90 Å². The van der Waals surface area contributed by atoms with E-state index in [1.807, 2.05) is 0 Å². The Balaban J connectivity index is 1.55. The van der Waals surface area contributed by atoms with Gasteiger partial charge in [-0.1, -0.05) is 76.8 Å². The zero-order valence-corrected chi connectivity index (χ0v) is 17.4. The number of benzene rings is 1. The Kier molecular flexibility index (Phi) is 9.52. The Bertz CT molecular complexity index is 581. The van der Waals surface area contributed by atoms with Crippen molar-refractivity contribution in [2.75, 3.05) is 29.5 Å². The number of hydrogen-bond donors (Lipinski definition) is 0. The molecule has 1 heterocycles. The molecular weight excluding hydrogens is 342 g/mol. The van der Waals surface area contributed by atoms with Crippen molar-refractivity contribution >= 4 is 15.5 Å². The van der Waals surface area contributed by atoms with Crippen LogP contribution >= 0.6 is 0 Å². The summed E-state index contributed by atoms with van der Waals surface area (Å²) in [4.78, 5) is 2.19. The fourth-order valence-electron chi connectivity index (χ4n) is 3.66. The summed E-state index contributed by atoms with van der Waals surface area (Å²) < 4.78 is 23.1. The molecule has 4 heteroatoms. The maximum absolute atomic E-state index is 11.5. The lowest BCUT2D eigenvalue weighted by molar-refractivity contribution is 0.556. The molecule has 0 atom stereocenters. The van der Waals surface area contributed by atoms with Crippen molar-refractivity contribution in [3.05, 3.63) is 29.8 Å². The zero-order valence-electron chi connectivity index (χ0n) is 16.6. The molecule has 0 unspecified atom stereocenters. The van der Waals surface area contributed by atoms with Crippen LogP contribution in [-0.4, -0.2) is 33.0 Å².